The summed E-state index contributed by atoms with van der Waals surface area (Å²) in [6.45, 7) is 1.55. The smallest absolute Gasteiger partial charge is 0.241 e. The summed E-state index contributed by atoms with van der Waals surface area (Å²) in [5, 5.41) is 0. The second kappa shape index (κ2) is 6.78. The van der Waals surface area contributed by atoms with Crippen molar-refractivity contribution in [1.29, 1.82) is 0 Å². The summed E-state index contributed by atoms with van der Waals surface area (Å²) in [7, 11) is -3.39. The lowest BCUT2D eigenvalue weighted by Gasteiger charge is -2.36. The largest absolute Gasteiger partial charge is 0.370 e. The van der Waals surface area contributed by atoms with Crippen LogP contribution in [0, 0.1) is 5.82 Å². The second-order valence-corrected chi connectivity index (χ2v) is 8.16. The average Bonchev–Trinajstić information content (AvgIpc) is 3.05. The molecule has 2 heterocycles. The number of carbonyl (C=O) groups is 1. The molecule has 0 aliphatic carbocycles. The summed E-state index contributed by atoms with van der Waals surface area (Å²) in [5.41, 5.74) is 0.806. The van der Waals surface area contributed by atoms with E-state index in [-0.39, 0.29) is 17.8 Å². The lowest BCUT2D eigenvalue weighted by Crippen LogP contribution is -2.51. The third-order valence-electron chi connectivity index (χ3n) is 4.53. The molecule has 6 nitrogen and oxygen atoms in total. The van der Waals surface area contributed by atoms with Gasteiger partial charge in [-0.25, -0.2) is 12.8 Å². The molecule has 2 unspecified atom stereocenters. The van der Waals surface area contributed by atoms with Crippen molar-refractivity contribution in [3.63, 3.8) is 0 Å². The molecular weight excluding hydrogens is 335 g/mol. The van der Waals surface area contributed by atoms with Crippen molar-refractivity contribution in [3.05, 3.63) is 35.6 Å². The maximum absolute atomic E-state index is 13.1. The van der Waals surface area contributed by atoms with Crippen molar-refractivity contribution in [1.82, 2.24) is 9.21 Å². The number of benzene rings is 1. The van der Waals surface area contributed by atoms with Crippen LogP contribution in [0.5, 0.6) is 0 Å². The van der Waals surface area contributed by atoms with Crippen molar-refractivity contribution in [2.45, 2.75) is 25.0 Å². The van der Waals surface area contributed by atoms with Gasteiger partial charge in [0.05, 0.1) is 19.4 Å². The van der Waals surface area contributed by atoms with Crippen LogP contribution in [-0.2, 0) is 19.6 Å². The van der Waals surface area contributed by atoms with Crippen LogP contribution in [0.3, 0.4) is 0 Å². The fraction of sp³-hybridized carbons (Fsp3) is 0.562. The van der Waals surface area contributed by atoms with E-state index in [0.29, 0.717) is 39.1 Å². The van der Waals surface area contributed by atoms with Crippen LogP contribution in [0.4, 0.5) is 4.39 Å². The predicted molar refractivity (Wildman–Crippen MR) is 86.2 cm³/mol. The van der Waals surface area contributed by atoms with E-state index in [1.54, 1.807) is 17.0 Å². The van der Waals surface area contributed by atoms with Crippen LogP contribution in [0.25, 0.3) is 0 Å². The van der Waals surface area contributed by atoms with Gasteiger partial charge in [-0.2, -0.15) is 4.31 Å². The zero-order chi connectivity index (χ0) is 17.3. The van der Waals surface area contributed by atoms with Crippen LogP contribution in [-0.4, -0.2) is 62.1 Å². The Bertz CT molecular complexity index is 707. The SMILES string of the molecule is CS(=O)(=O)N1CCCC1C(=O)N1CCOC(c2ccc(F)cc2)C1. The third kappa shape index (κ3) is 3.60. The Morgan fingerprint density at radius 1 is 1.25 bits per heavy atom. The van der Waals surface area contributed by atoms with E-state index in [1.807, 2.05) is 0 Å². The summed E-state index contributed by atoms with van der Waals surface area (Å²) in [6, 6.07) is 5.40. The molecule has 1 aromatic carbocycles. The van der Waals surface area contributed by atoms with E-state index in [2.05, 4.69) is 0 Å². The standard InChI is InChI=1S/C16H21FN2O4S/c1-24(21,22)19-8-2-3-14(19)16(20)18-9-10-23-15(11-18)12-4-6-13(17)7-5-12/h4-7,14-15H,2-3,8-11H2,1H3. The molecular formula is C16H21FN2O4S. The summed E-state index contributed by atoms with van der Waals surface area (Å²) in [5.74, 6) is -0.495. The number of amides is 1. The Morgan fingerprint density at radius 2 is 1.96 bits per heavy atom. The molecule has 0 N–H and O–H groups in total. The normalized spacial score (nSPS) is 25.8. The summed E-state index contributed by atoms with van der Waals surface area (Å²) in [4.78, 5) is 14.5. The molecule has 8 heteroatoms. The summed E-state index contributed by atoms with van der Waals surface area (Å²) in [6.07, 6.45) is 2.05. The van der Waals surface area contributed by atoms with Crippen LogP contribution >= 0.6 is 0 Å². The highest BCUT2D eigenvalue weighted by molar-refractivity contribution is 7.88. The van der Waals surface area contributed by atoms with Crippen LogP contribution in [0.1, 0.15) is 24.5 Å². The van der Waals surface area contributed by atoms with Crippen molar-refractivity contribution in [2.75, 3.05) is 32.5 Å². The highest BCUT2D eigenvalue weighted by atomic mass is 32.2. The van der Waals surface area contributed by atoms with Gasteiger partial charge in [0, 0.05) is 13.1 Å². The number of morpholine rings is 1. The van der Waals surface area contributed by atoms with Gasteiger partial charge in [0.15, 0.2) is 0 Å². The minimum absolute atomic E-state index is 0.173. The molecule has 0 bridgehead atoms. The first-order chi connectivity index (χ1) is 11.4. The molecule has 2 fully saturated rings. The van der Waals surface area contributed by atoms with E-state index in [9.17, 15) is 17.6 Å². The first kappa shape index (κ1) is 17.3. The van der Waals surface area contributed by atoms with Crippen molar-refractivity contribution < 1.29 is 22.3 Å². The predicted octanol–water partition coefficient (Wildman–Crippen LogP) is 1.15. The van der Waals surface area contributed by atoms with Gasteiger partial charge in [-0.15, -0.1) is 0 Å². The van der Waals surface area contributed by atoms with E-state index in [0.717, 1.165) is 11.8 Å². The van der Waals surface area contributed by atoms with E-state index in [1.165, 1.54) is 16.4 Å². The molecule has 24 heavy (non-hydrogen) atoms. The molecule has 2 aliphatic heterocycles. The molecule has 132 valence electrons. The molecule has 0 radical (unpaired) electrons. The molecule has 0 saturated carbocycles. The lowest BCUT2D eigenvalue weighted by atomic mass is 10.1. The van der Waals surface area contributed by atoms with Crippen LogP contribution in [0.2, 0.25) is 0 Å². The van der Waals surface area contributed by atoms with Crippen molar-refractivity contribution in [2.24, 2.45) is 0 Å². The molecule has 1 amide bonds. The lowest BCUT2D eigenvalue weighted by molar-refractivity contribution is -0.142. The molecule has 3 rings (SSSR count). The fourth-order valence-corrected chi connectivity index (χ4v) is 4.44. The minimum Gasteiger partial charge on any atom is -0.370 e. The fourth-order valence-electron chi connectivity index (χ4n) is 3.32. The first-order valence-electron chi connectivity index (χ1n) is 7.99. The Balaban J connectivity index is 1.72. The summed E-state index contributed by atoms with van der Waals surface area (Å²) >= 11 is 0. The summed E-state index contributed by atoms with van der Waals surface area (Å²) < 4.78 is 43.7. The quantitative estimate of drug-likeness (QED) is 0.815. The number of halogens is 1. The van der Waals surface area contributed by atoms with Gasteiger partial charge in [-0.1, -0.05) is 12.1 Å². The highest BCUT2D eigenvalue weighted by Gasteiger charge is 2.39. The van der Waals surface area contributed by atoms with Gasteiger partial charge in [-0.3, -0.25) is 4.79 Å². The Labute approximate surface area is 141 Å². The minimum atomic E-state index is -3.39. The van der Waals surface area contributed by atoms with Gasteiger partial charge < -0.3 is 9.64 Å². The Kier molecular flexibility index (Phi) is 4.89. The molecule has 0 spiro atoms. The Morgan fingerprint density at radius 3 is 2.62 bits per heavy atom. The van der Waals surface area contributed by atoms with Crippen molar-refractivity contribution >= 4 is 15.9 Å². The van der Waals surface area contributed by atoms with Crippen LogP contribution < -0.4 is 0 Å². The second-order valence-electron chi connectivity index (χ2n) is 6.23. The molecule has 1 aromatic rings. The van der Waals surface area contributed by atoms with Gasteiger partial charge in [-0.05, 0) is 30.5 Å². The zero-order valence-corrected chi connectivity index (χ0v) is 14.3. The Hall–Kier alpha value is -1.51. The number of rotatable bonds is 3. The molecule has 0 aromatic heterocycles. The number of hydrogen-bond acceptors (Lipinski definition) is 4. The topological polar surface area (TPSA) is 66.9 Å². The number of hydrogen-bond donors (Lipinski definition) is 0. The number of sulfonamides is 1. The van der Waals surface area contributed by atoms with Crippen molar-refractivity contribution in [3.8, 4) is 0 Å². The first-order valence-corrected chi connectivity index (χ1v) is 9.84. The van der Waals surface area contributed by atoms with E-state index < -0.39 is 16.1 Å². The monoisotopic (exact) mass is 356 g/mol. The zero-order valence-electron chi connectivity index (χ0n) is 13.5. The van der Waals surface area contributed by atoms with Crippen LogP contribution in [0.15, 0.2) is 24.3 Å². The highest BCUT2D eigenvalue weighted by Crippen LogP contribution is 2.26. The number of ether oxygens (including phenoxy) is 1. The van der Waals surface area contributed by atoms with Gasteiger partial charge in [0.25, 0.3) is 0 Å². The number of carbonyl (C=O) groups excluding carboxylic acids is 1. The molecule has 2 atom stereocenters. The van der Waals surface area contributed by atoms with E-state index >= 15 is 0 Å². The van der Waals surface area contributed by atoms with Gasteiger partial charge in [0.1, 0.15) is 18.0 Å². The number of nitrogens with zero attached hydrogens (tertiary/aromatic N) is 2. The van der Waals surface area contributed by atoms with Gasteiger partial charge >= 0.3 is 0 Å². The maximum Gasteiger partial charge on any atom is 0.241 e. The maximum atomic E-state index is 13.1. The molecule has 2 aliphatic rings. The van der Waals surface area contributed by atoms with Gasteiger partial charge in [0.2, 0.25) is 15.9 Å². The third-order valence-corrected chi connectivity index (χ3v) is 5.82. The van der Waals surface area contributed by atoms with E-state index in [4.69, 9.17) is 4.74 Å². The molecule has 2 saturated heterocycles. The average molecular weight is 356 g/mol.